The first-order valence-corrected chi connectivity index (χ1v) is 12.3. The van der Waals surface area contributed by atoms with Crippen molar-refractivity contribution in [2.24, 2.45) is 5.92 Å². The summed E-state index contributed by atoms with van der Waals surface area (Å²) in [6, 6.07) is 6.84. The molecular formula is C24H37N5O4. The van der Waals surface area contributed by atoms with Gasteiger partial charge in [-0.2, -0.15) is 0 Å². The molecule has 3 fully saturated rings. The molecule has 0 bridgehead atoms. The van der Waals surface area contributed by atoms with Crippen molar-refractivity contribution in [2.45, 2.75) is 38.9 Å². The van der Waals surface area contributed by atoms with Crippen LogP contribution in [0, 0.1) is 16.0 Å². The molecule has 2 atom stereocenters. The number of para-hydroxylation sites is 2. The van der Waals surface area contributed by atoms with E-state index in [0.29, 0.717) is 56.5 Å². The Balaban J connectivity index is 1.19. The molecule has 0 radical (unpaired) electrons. The number of hydrogen-bond acceptors (Lipinski definition) is 7. The van der Waals surface area contributed by atoms with Gasteiger partial charge in [-0.3, -0.25) is 24.7 Å². The number of nitro benzene ring substituents is 1. The molecule has 0 N–H and O–H groups in total. The van der Waals surface area contributed by atoms with E-state index in [0.717, 1.165) is 45.6 Å². The fourth-order valence-corrected chi connectivity index (χ4v) is 5.50. The summed E-state index contributed by atoms with van der Waals surface area (Å²) < 4.78 is 5.85. The molecule has 33 heavy (non-hydrogen) atoms. The zero-order chi connectivity index (χ0) is 23.4. The van der Waals surface area contributed by atoms with Crippen LogP contribution in [0.25, 0.3) is 0 Å². The average Bonchev–Trinajstić information content (AvgIpc) is 2.80. The third-order valence-electron chi connectivity index (χ3n) is 7.13. The van der Waals surface area contributed by atoms with Gasteiger partial charge in [0.25, 0.3) is 5.69 Å². The molecule has 3 saturated heterocycles. The normalized spacial score (nSPS) is 25.9. The van der Waals surface area contributed by atoms with E-state index in [2.05, 4.69) is 23.6 Å². The molecule has 1 amide bonds. The van der Waals surface area contributed by atoms with Crippen molar-refractivity contribution in [3.8, 4) is 0 Å². The van der Waals surface area contributed by atoms with Crippen molar-refractivity contribution in [1.82, 2.24) is 14.7 Å². The van der Waals surface area contributed by atoms with Gasteiger partial charge in [0.05, 0.1) is 23.7 Å². The second-order valence-electron chi connectivity index (χ2n) is 9.81. The number of hydrogen-bond donors (Lipinski definition) is 0. The molecule has 0 aromatic heterocycles. The van der Waals surface area contributed by atoms with Crippen molar-refractivity contribution in [2.75, 3.05) is 70.3 Å². The third kappa shape index (κ3) is 6.22. The van der Waals surface area contributed by atoms with Gasteiger partial charge in [0.1, 0.15) is 5.69 Å². The Morgan fingerprint density at radius 3 is 2.27 bits per heavy atom. The summed E-state index contributed by atoms with van der Waals surface area (Å²) in [7, 11) is 0. The Morgan fingerprint density at radius 2 is 1.64 bits per heavy atom. The number of carbonyl (C=O) groups is 1. The fraction of sp³-hybridized carbons (Fsp3) is 0.708. The van der Waals surface area contributed by atoms with Crippen LogP contribution in [0.5, 0.6) is 0 Å². The van der Waals surface area contributed by atoms with Crippen LogP contribution in [0.2, 0.25) is 0 Å². The van der Waals surface area contributed by atoms with Gasteiger partial charge < -0.3 is 14.5 Å². The van der Waals surface area contributed by atoms with Gasteiger partial charge in [-0.1, -0.05) is 12.1 Å². The van der Waals surface area contributed by atoms with E-state index in [4.69, 9.17) is 4.74 Å². The first-order valence-electron chi connectivity index (χ1n) is 12.3. The van der Waals surface area contributed by atoms with Crippen LogP contribution in [-0.2, 0) is 9.53 Å². The number of amides is 1. The van der Waals surface area contributed by atoms with Gasteiger partial charge in [-0.15, -0.1) is 0 Å². The van der Waals surface area contributed by atoms with Crippen LogP contribution < -0.4 is 4.90 Å². The Kier molecular flexibility index (Phi) is 7.82. The summed E-state index contributed by atoms with van der Waals surface area (Å²) in [5, 5.41) is 11.3. The number of rotatable bonds is 6. The molecule has 3 heterocycles. The van der Waals surface area contributed by atoms with E-state index in [-0.39, 0.29) is 16.5 Å². The van der Waals surface area contributed by atoms with Gasteiger partial charge in [0.2, 0.25) is 5.91 Å². The van der Waals surface area contributed by atoms with E-state index in [1.54, 1.807) is 12.1 Å². The van der Waals surface area contributed by atoms with Crippen molar-refractivity contribution in [3.63, 3.8) is 0 Å². The first-order chi connectivity index (χ1) is 15.9. The lowest BCUT2D eigenvalue weighted by molar-refractivity contribution is -0.384. The number of piperazine rings is 1. The molecule has 2 unspecified atom stereocenters. The van der Waals surface area contributed by atoms with Crippen LogP contribution in [0.4, 0.5) is 11.4 Å². The van der Waals surface area contributed by atoms with Crippen molar-refractivity contribution in [1.29, 1.82) is 0 Å². The van der Waals surface area contributed by atoms with Crippen molar-refractivity contribution < 1.29 is 14.5 Å². The maximum absolute atomic E-state index is 12.9. The molecule has 1 aromatic carbocycles. The topological polar surface area (TPSA) is 82.4 Å². The number of ether oxygens (including phenoxy) is 1. The summed E-state index contributed by atoms with van der Waals surface area (Å²) in [5.41, 5.74) is 0.766. The van der Waals surface area contributed by atoms with Crippen molar-refractivity contribution >= 4 is 17.3 Å². The third-order valence-corrected chi connectivity index (χ3v) is 7.13. The predicted molar refractivity (Wildman–Crippen MR) is 128 cm³/mol. The zero-order valence-electron chi connectivity index (χ0n) is 19.9. The van der Waals surface area contributed by atoms with Gasteiger partial charge in [-0.05, 0) is 51.8 Å². The Hall–Kier alpha value is -2.23. The minimum atomic E-state index is -0.337. The number of carbonyl (C=O) groups excluding carboxylic acids is 1. The number of benzene rings is 1. The second kappa shape index (κ2) is 10.8. The van der Waals surface area contributed by atoms with Crippen LogP contribution >= 0.6 is 0 Å². The first kappa shape index (κ1) is 23.9. The smallest absolute Gasteiger partial charge is 0.292 e. The lowest BCUT2D eigenvalue weighted by Crippen LogP contribution is -2.52. The van der Waals surface area contributed by atoms with Crippen LogP contribution in [0.15, 0.2) is 24.3 Å². The molecule has 1 aromatic rings. The van der Waals surface area contributed by atoms with Crippen LogP contribution in [0.3, 0.4) is 0 Å². The van der Waals surface area contributed by atoms with Crippen LogP contribution in [0.1, 0.15) is 26.7 Å². The molecule has 3 aliphatic heterocycles. The lowest BCUT2D eigenvalue weighted by atomic mass is 9.95. The highest BCUT2D eigenvalue weighted by molar-refractivity contribution is 5.78. The standard InChI is InChI=1S/C24H37N5O4/c1-19-15-26(16-20(2)33-19)17-21-7-9-25(10-8-21)18-24(30)28-13-11-27(12-14-28)22-5-3-4-6-23(22)29(31)32/h3-6,19-21H,7-18H2,1-2H3. The van der Waals surface area contributed by atoms with Gasteiger partial charge in [0.15, 0.2) is 0 Å². The Labute approximate surface area is 196 Å². The summed E-state index contributed by atoms with van der Waals surface area (Å²) >= 11 is 0. The maximum Gasteiger partial charge on any atom is 0.292 e. The van der Waals surface area contributed by atoms with E-state index in [1.807, 2.05) is 15.9 Å². The number of piperidine rings is 1. The largest absolute Gasteiger partial charge is 0.373 e. The molecule has 0 spiro atoms. The number of morpholine rings is 1. The van der Waals surface area contributed by atoms with E-state index < -0.39 is 0 Å². The number of likely N-dealkylation sites (tertiary alicyclic amines) is 1. The Bertz CT molecular complexity index is 811. The minimum Gasteiger partial charge on any atom is -0.373 e. The second-order valence-corrected chi connectivity index (χ2v) is 9.81. The molecule has 0 saturated carbocycles. The van der Waals surface area contributed by atoms with Gasteiger partial charge in [-0.25, -0.2) is 0 Å². The number of nitrogens with zero attached hydrogens (tertiary/aromatic N) is 5. The molecule has 9 nitrogen and oxygen atoms in total. The molecule has 9 heteroatoms. The predicted octanol–water partition coefficient (Wildman–Crippen LogP) is 2.06. The molecule has 3 aliphatic rings. The SMILES string of the molecule is CC1CN(CC2CCN(CC(=O)N3CCN(c4ccccc4[N+](=O)[O-])CC3)CC2)CC(C)O1. The molecule has 0 aliphatic carbocycles. The highest BCUT2D eigenvalue weighted by atomic mass is 16.6. The molecule has 4 rings (SSSR count). The number of anilines is 1. The lowest BCUT2D eigenvalue weighted by Gasteiger charge is -2.40. The molecular weight excluding hydrogens is 422 g/mol. The summed E-state index contributed by atoms with van der Waals surface area (Å²) in [6.45, 7) is 12.3. The molecule has 182 valence electrons. The van der Waals surface area contributed by atoms with E-state index in [9.17, 15) is 14.9 Å². The summed E-state index contributed by atoms with van der Waals surface area (Å²) in [5.74, 6) is 0.866. The zero-order valence-corrected chi connectivity index (χ0v) is 19.9. The monoisotopic (exact) mass is 459 g/mol. The van der Waals surface area contributed by atoms with Crippen molar-refractivity contribution in [3.05, 3.63) is 34.4 Å². The summed E-state index contributed by atoms with van der Waals surface area (Å²) in [4.78, 5) is 32.6. The highest BCUT2D eigenvalue weighted by Crippen LogP contribution is 2.28. The minimum absolute atomic E-state index is 0.126. The van der Waals surface area contributed by atoms with E-state index in [1.165, 1.54) is 6.07 Å². The van der Waals surface area contributed by atoms with E-state index >= 15 is 0 Å². The quantitative estimate of drug-likeness (QED) is 0.476. The van der Waals surface area contributed by atoms with Gasteiger partial charge >= 0.3 is 0 Å². The van der Waals surface area contributed by atoms with Crippen LogP contribution in [-0.4, -0.2) is 103 Å². The average molecular weight is 460 g/mol. The number of nitro groups is 1. The summed E-state index contributed by atoms with van der Waals surface area (Å²) in [6.07, 6.45) is 2.89. The maximum atomic E-state index is 12.9. The fourth-order valence-electron chi connectivity index (χ4n) is 5.50. The Morgan fingerprint density at radius 1 is 1.00 bits per heavy atom. The highest BCUT2D eigenvalue weighted by Gasteiger charge is 2.29. The van der Waals surface area contributed by atoms with Gasteiger partial charge in [0, 0.05) is 51.9 Å².